The predicted octanol–water partition coefficient (Wildman–Crippen LogP) is 1.62. The number of piperazine rings is 1. The first-order chi connectivity index (χ1) is 13.2. The number of hydrogen-bond acceptors (Lipinski definition) is 7. The van der Waals surface area contributed by atoms with Crippen molar-refractivity contribution in [1.29, 1.82) is 0 Å². The highest BCUT2D eigenvalue weighted by Crippen LogP contribution is 2.27. The van der Waals surface area contributed by atoms with Gasteiger partial charge in [-0.3, -0.25) is 9.30 Å². The Morgan fingerprint density at radius 1 is 1.15 bits per heavy atom. The van der Waals surface area contributed by atoms with Crippen molar-refractivity contribution in [3.63, 3.8) is 0 Å². The number of pyridine rings is 1. The van der Waals surface area contributed by atoms with Crippen LogP contribution in [0.2, 0.25) is 0 Å². The summed E-state index contributed by atoms with van der Waals surface area (Å²) in [6.07, 6.45) is 3.05. The van der Waals surface area contributed by atoms with Gasteiger partial charge in [-0.15, -0.1) is 0 Å². The number of hydrogen-bond donors (Lipinski definition) is 3. The molecular weight excluding hydrogens is 344 g/mol. The summed E-state index contributed by atoms with van der Waals surface area (Å²) in [5, 5.41) is 14.1. The van der Waals surface area contributed by atoms with Gasteiger partial charge in [0, 0.05) is 32.4 Å². The second-order valence-corrected chi connectivity index (χ2v) is 6.72. The van der Waals surface area contributed by atoms with Gasteiger partial charge in [0.05, 0.1) is 11.9 Å². The van der Waals surface area contributed by atoms with Crippen LogP contribution in [0.4, 0.5) is 6.01 Å². The molecule has 8 nitrogen and oxygen atoms in total. The Hall–Kier alpha value is -2.94. The molecule has 138 valence electrons. The molecule has 1 fully saturated rings. The molecule has 1 aliphatic heterocycles. The van der Waals surface area contributed by atoms with Crippen LogP contribution in [0.15, 0.2) is 47.1 Å². The van der Waals surface area contributed by atoms with Crippen LogP contribution in [0.3, 0.4) is 0 Å². The van der Waals surface area contributed by atoms with Crippen LogP contribution in [0.25, 0.3) is 27.9 Å². The summed E-state index contributed by atoms with van der Waals surface area (Å²) >= 11 is 0. The molecule has 8 heteroatoms. The number of oxazole rings is 1. The molecule has 0 spiro atoms. The zero-order valence-electron chi connectivity index (χ0n) is 14.7. The van der Waals surface area contributed by atoms with Crippen LogP contribution in [0, 0.1) is 0 Å². The van der Waals surface area contributed by atoms with Gasteiger partial charge < -0.3 is 20.6 Å². The van der Waals surface area contributed by atoms with Crippen LogP contribution in [-0.2, 0) is 0 Å². The minimum Gasteiger partial charge on any atom is -0.424 e. The summed E-state index contributed by atoms with van der Waals surface area (Å²) in [5.74, 6) is 0. The van der Waals surface area contributed by atoms with Gasteiger partial charge >= 0.3 is 0 Å². The first-order valence-electron chi connectivity index (χ1n) is 8.95. The minimum atomic E-state index is -0.685. The molecule has 0 amide bonds. The Bertz CT molecular complexity index is 1110. The number of nitrogens with two attached hydrogens (primary N) is 1. The van der Waals surface area contributed by atoms with Gasteiger partial charge in [0.15, 0.2) is 11.8 Å². The number of imidazole rings is 1. The Balaban J connectivity index is 1.55. The van der Waals surface area contributed by atoms with E-state index in [2.05, 4.69) is 20.2 Å². The second kappa shape index (κ2) is 6.34. The molecule has 1 aromatic carbocycles. The van der Waals surface area contributed by atoms with E-state index in [1.807, 2.05) is 40.9 Å². The molecule has 4 N–H and O–H groups in total. The maximum atomic E-state index is 10.8. The van der Waals surface area contributed by atoms with E-state index in [-0.39, 0.29) is 6.01 Å². The fourth-order valence-electron chi connectivity index (χ4n) is 3.60. The van der Waals surface area contributed by atoms with Crippen LogP contribution < -0.4 is 11.1 Å². The Kier molecular flexibility index (Phi) is 3.82. The molecule has 0 saturated carbocycles. The largest absolute Gasteiger partial charge is 0.424 e. The number of nitrogens with zero attached hydrogens (tertiary/aromatic N) is 4. The number of aliphatic hydroxyl groups is 1. The average molecular weight is 364 g/mol. The molecular formula is C19H20N6O2. The number of anilines is 1. The standard InChI is InChI=1S/C19H20N6O2/c20-19-23-14-9-12(1-3-16(14)27-19)13-2-4-17-22-10-15(25(17)11-13)18(26)24-7-5-21-6-8-24/h1-4,9-11,18,21,26H,5-8H2,(H2,20,23). The molecule has 1 atom stereocenters. The van der Waals surface area contributed by atoms with Gasteiger partial charge in [-0.25, -0.2) is 4.98 Å². The quantitative estimate of drug-likeness (QED) is 0.507. The number of benzene rings is 1. The van der Waals surface area contributed by atoms with Crippen molar-refractivity contribution in [3.05, 3.63) is 48.4 Å². The number of nitrogen functional groups attached to an aromatic ring is 1. The zero-order chi connectivity index (χ0) is 18.4. The van der Waals surface area contributed by atoms with Gasteiger partial charge in [0.25, 0.3) is 6.01 Å². The Morgan fingerprint density at radius 2 is 1.96 bits per heavy atom. The lowest BCUT2D eigenvalue weighted by Crippen LogP contribution is -2.45. The van der Waals surface area contributed by atoms with Gasteiger partial charge in [0.2, 0.25) is 0 Å². The zero-order valence-corrected chi connectivity index (χ0v) is 14.7. The predicted molar refractivity (Wildman–Crippen MR) is 102 cm³/mol. The molecule has 3 aromatic heterocycles. The average Bonchev–Trinajstić information content (AvgIpc) is 3.29. The van der Waals surface area contributed by atoms with Crippen molar-refractivity contribution < 1.29 is 9.52 Å². The van der Waals surface area contributed by atoms with Gasteiger partial charge in [0.1, 0.15) is 11.2 Å². The molecule has 27 heavy (non-hydrogen) atoms. The molecule has 1 saturated heterocycles. The van der Waals surface area contributed by atoms with Crippen molar-refractivity contribution in [2.45, 2.75) is 6.23 Å². The summed E-state index contributed by atoms with van der Waals surface area (Å²) in [6, 6.07) is 9.90. The van der Waals surface area contributed by atoms with E-state index >= 15 is 0 Å². The van der Waals surface area contributed by atoms with Crippen molar-refractivity contribution in [2.24, 2.45) is 0 Å². The van der Waals surface area contributed by atoms with Crippen LogP contribution in [0.1, 0.15) is 11.9 Å². The lowest BCUT2D eigenvalue weighted by molar-refractivity contribution is -0.00910. The van der Waals surface area contributed by atoms with Crippen LogP contribution in [-0.4, -0.2) is 50.6 Å². The first kappa shape index (κ1) is 16.2. The summed E-state index contributed by atoms with van der Waals surface area (Å²) in [4.78, 5) is 10.7. The number of aliphatic hydroxyl groups excluding tert-OH is 1. The van der Waals surface area contributed by atoms with E-state index in [0.29, 0.717) is 5.58 Å². The number of nitrogens with one attached hydrogen (secondary N) is 1. The van der Waals surface area contributed by atoms with Gasteiger partial charge in [-0.1, -0.05) is 6.07 Å². The number of rotatable bonds is 3. The lowest BCUT2D eigenvalue weighted by Gasteiger charge is -2.31. The smallest absolute Gasteiger partial charge is 0.292 e. The highest BCUT2D eigenvalue weighted by atomic mass is 16.4. The molecule has 1 aliphatic rings. The summed E-state index contributed by atoms with van der Waals surface area (Å²) < 4.78 is 7.29. The maximum absolute atomic E-state index is 10.8. The first-order valence-corrected chi connectivity index (χ1v) is 8.95. The van der Waals surface area contributed by atoms with E-state index in [0.717, 1.165) is 54.2 Å². The van der Waals surface area contributed by atoms with Crippen molar-refractivity contribution in [2.75, 3.05) is 31.9 Å². The summed E-state index contributed by atoms with van der Waals surface area (Å²) in [6.45, 7) is 3.36. The Labute approximate surface area is 155 Å². The molecule has 4 heterocycles. The monoisotopic (exact) mass is 364 g/mol. The van der Waals surface area contributed by atoms with Crippen LogP contribution in [0.5, 0.6) is 0 Å². The van der Waals surface area contributed by atoms with Crippen LogP contribution >= 0.6 is 0 Å². The molecule has 5 rings (SSSR count). The lowest BCUT2D eigenvalue weighted by atomic mass is 10.1. The number of fused-ring (bicyclic) bond motifs is 2. The van der Waals surface area contributed by atoms with E-state index in [9.17, 15) is 5.11 Å². The SMILES string of the molecule is Nc1nc2cc(-c3ccc4ncc(C(O)N5CCNCC5)n4c3)ccc2o1. The highest BCUT2D eigenvalue weighted by molar-refractivity contribution is 5.81. The van der Waals surface area contributed by atoms with Gasteiger partial charge in [-0.05, 0) is 35.4 Å². The fourth-order valence-corrected chi connectivity index (χ4v) is 3.60. The van der Waals surface area contributed by atoms with E-state index < -0.39 is 6.23 Å². The van der Waals surface area contributed by atoms with Crippen molar-refractivity contribution >= 4 is 22.8 Å². The van der Waals surface area contributed by atoms with Gasteiger partial charge in [-0.2, -0.15) is 4.98 Å². The van der Waals surface area contributed by atoms with Crippen molar-refractivity contribution in [1.82, 2.24) is 24.6 Å². The molecule has 0 bridgehead atoms. The summed E-state index contributed by atoms with van der Waals surface area (Å²) in [5.41, 5.74) is 10.6. The van der Waals surface area contributed by atoms with Crippen molar-refractivity contribution in [3.8, 4) is 11.1 Å². The molecule has 4 aromatic rings. The highest BCUT2D eigenvalue weighted by Gasteiger charge is 2.22. The fraction of sp³-hybridized carbons (Fsp3) is 0.263. The topological polar surface area (TPSA) is 105 Å². The summed E-state index contributed by atoms with van der Waals surface area (Å²) in [7, 11) is 0. The van der Waals surface area contributed by atoms with E-state index in [4.69, 9.17) is 10.2 Å². The molecule has 0 aliphatic carbocycles. The molecule has 0 radical (unpaired) electrons. The Morgan fingerprint density at radius 3 is 2.81 bits per heavy atom. The normalized spacial score (nSPS) is 16.9. The van der Waals surface area contributed by atoms with E-state index in [1.165, 1.54) is 0 Å². The third-order valence-corrected chi connectivity index (χ3v) is 5.03. The molecule has 1 unspecified atom stereocenters. The number of aromatic nitrogens is 3. The second-order valence-electron chi connectivity index (χ2n) is 6.72. The van der Waals surface area contributed by atoms with E-state index in [1.54, 1.807) is 6.20 Å². The third-order valence-electron chi connectivity index (χ3n) is 5.03. The third kappa shape index (κ3) is 2.84. The maximum Gasteiger partial charge on any atom is 0.292 e. The minimum absolute atomic E-state index is 0.161.